The highest BCUT2D eigenvalue weighted by Crippen LogP contribution is 2.49. The maximum absolute atomic E-state index is 6.71. The Hall–Kier alpha value is -7.20. The molecule has 2 heterocycles. The van der Waals surface area contributed by atoms with E-state index in [1.165, 1.54) is 53.6 Å². The van der Waals surface area contributed by atoms with Gasteiger partial charge in [-0.2, -0.15) is 0 Å². The summed E-state index contributed by atoms with van der Waals surface area (Å²) in [7, 11) is 0. The molecule has 0 fully saturated rings. The summed E-state index contributed by atoms with van der Waals surface area (Å²) in [6, 6.07) is 76.3. The molecule has 0 unspecified atom stereocenters. The number of anilines is 3. The molecule has 0 aliphatic carbocycles. The standard InChI is InChI=1S/C54H35NOS/c1-4-13-36(14-5-1)38-23-25-39(26-24-38)41-19-12-20-43(33-41)55(44-28-30-47-46-29-27-42(37-15-6-2-7-16-37)34-50(46)56-51(47)35-44)49-32-31-45(40-17-8-3-9-18-40)54-53(49)48-21-10-11-22-52(48)57-54/h1-35H. The van der Waals surface area contributed by atoms with Crippen LogP contribution >= 0.6 is 11.3 Å². The molecule has 0 N–H and O–H groups in total. The van der Waals surface area contributed by atoms with Crippen LogP contribution in [0.2, 0.25) is 0 Å². The fourth-order valence-corrected chi connectivity index (χ4v) is 9.55. The Bertz CT molecular complexity index is 3220. The molecule has 2 aromatic heterocycles. The maximum atomic E-state index is 6.71. The molecule has 268 valence electrons. The van der Waals surface area contributed by atoms with Crippen molar-refractivity contribution in [3.8, 4) is 44.5 Å². The minimum Gasteiger partial charge on any atom is -0.456 e. The monoisotopic (exact) mass is 745 g/mol. The van der Waals surface area contributed by atoms with Crippen molar-refractivity contribution in [2.24, 2.45) is 0 Å². The Balaban J connectivity index is 1.11. The van der Waals surface area contributed by atoms with Gasteiger partial charge in [-0.1, -0.05) is 158 Å². The molecule has 0 atom stereocenters. The Kier molecular flexibility index (Phi) is 8.04. The summed E-state index contributed by atoms with van der Waals surface area (Å²) in [4.78, 5) is 2.42. The van der Waals surface area contributed by atoms with E-state index in [1.807, 2.05) is 11.3 Å². The number of hydrogen-bond donors (Lipinski definition) is 0. The molecular weight excluding hydrogens is 711 g/mol. The molecule has 11 aromatic rings. The van der Waals surface area contributed by atoms with E-state index in [0.29, 0.717) is 0 Å². The van der Waals surface area contributed by atoms with E-state index >= 15 is 0 Å². The van der Waals surface area contributed by atoms with Crippen LogP contribution in [0, 0.1) is 0 Å². The molecule has 0 aliphatic rings. The number of furan rings is 1. The van der Waals surface area contributed by atoms with Gasteiger partial charge in [0.2, 0.25) is 0 Å². The highest BCUT2D eigenvalue weighted by atomic mass is 32.1. The minimum atomic E-state index is 0.859. The van der Waals surface area contributed by atoms with Gasteiger partial charge in [0.25, 0.3) is 0 Å². The first-order valence-corrected chi connectivity index (χ1v) is 20.1. The first kappa shape index (κ1) is 33.2. The zero-order valence-electron chi connectivity index (χ0n) is 31.0. The second-order valence-corrected chi connectivity index (χ2v) is 15.5. The molecule has 0 aliphatic heterocycles. The van der Waals surface area contributed by atoms with Crippen molar-refractivity contribution in [2.45, 2.75) is 0 Å². The highest BCUT2D eigenvalue weighted by Gasteiger charge is 2.22. The predicted octanol–water partition coefficient (Wildman–Crippen LogP) is 16.1. The lowest BCUT2D eigenvalue weighted by atomic mass is 9.98. The van der Waals surface area contributed by atoms with Crippen molar-refractivity contribution in [1.82, 2.24) is 0 Å². The number of benzene rings is 9. The topological polar surface area (TPSA) is 16.4 Å². The Morgan fingerprint density at radius 3 is 1.61 bits per heavy atom. The normalized spacial score (nSPS) is 11.5. The van der Waals surface area contributed by atoms with Crippen LogP contribution in [-0.2, 0) is 0 Å². The van der Waals surface area contributed by atoms with E-state index in [4.69, 9.17) is 4.42 Å². The minimum absolute atomic E-state index is 0.859. The summed E-state index contributed by atoms with van der Waals surface area (Å²) in [5.41, 5.74) is 14.5. The summed E-state index contributed by atoms with van der Waals surface area (Å²) < 4.78 is 9.26. The number of hydrogen-bond acceptors (Lipinski definition) is 3. The summed E-state index contributed by atoms with van der Waals surface area (Å²) >= 11 is 1.86. The second kappa shape index (κ2) is 13.8. The average molecular weight is 746 g/mol. The van der Waals surface area contributed by atoms with E-state index in [9.17, 15) is 0 Å². The molecule has 0 saturated heterocycles. The van der Waals surface area contributed by atoms with Crippen LogP contribution in [0.3, 0.4) is 0 Å². The molecule has 0 saturated carbocycles. The lowest BCUT2D eigenvalue weighted by molar-refractivity contribution is 0.669. The third-order valence-electron chi connectivity index (χ3n) is 11.1. The Morgan fingerprint density at radius 2 is 0.877 bits per heavy atom. The van der Waals surface area contributed by atoms with Crippen LogP contribution in [0.4, 0.5) is 17.1 Å². The van der Waals surface area contributed by atoms with Gasteiger partial charge >= 0.3 is 0 Å². The molecule has 11 rings (SSSR count). The van der Waals surface area contributed by atoms with Crippen molar-refractivity contribution >= 4 is 70.5 Å². The zero-order chi connectivity index (χ0) is 37.7. The van der Waals surface area contributed by atoms with E-state index in [2.05, 4.69) is 217 Å². The van der Waals surface area contributed by atoms with Crippen LogP contribution in [-0.4, -0.2) is 0 Å². The molecule has 9 aromatic carbocycles. The number of fused-ring (bicyclic) bond motifs is 6. The Labute approximate surface area is 335 Å². The number of rotatable bonds is 7. The van der Waals surface area contributed by atoms with Gasteiger partial charge in [0.1, 0.15) is 11.2 Å². The molecule has 0 spiro atoms. The summed E-state index contributed by atoms with van der Waals surface area (Å²) in [6.45, 7) is 0. The van der Waals surface area contributed by atoms with Gasteiger partial charge in [0, 0.05) is 48.4 Å². The average Bonchev–Trinajstić information content (AvgIpc) is 3.86. The van der Waals surface area contributed by atoms with Gasteiger partial charge in [-0.05, 0) is 93.0 Å². The summed E-state index contributed by atoms with van der Waals surface area (Å²) in [5.74, 6) is 0. The molecule has 57 heavy (non-hydrogen) atoms. The number of nitrogens with zero attached hydrogens (tertiary/aromatic N) is 1. The Morgan fingerprint density at radius 1 is 0.351 bits per heavy atom. The van der Waals surface area contributed by atoms with Crippen LogP contribution in [0.5, 0.6) is 0 Å². The van der Waals surface area contributed by atoms with Crippen molar-refractivity contribution < 1.29 is 4.42 Å². The van der Waals surface area contributed by atoms with Gasteiger partial charge in [0.15, 0.2) is 0 Å². The first-order chi connectivity index (χ1) is 28.2. The second-order valence-electron chi connectivity index (χ2n) is 14.5. The summed E-state index contributed by atoms with van der Waals surface area (Å²) in [6.07, 6.45) is 0. The fourth-order valence-electron chi connectivity index (χ4n) is 8.29. The lowest BCUT2D eigenvalue weighted by Crippen LogP contribution is -2.10. The van der Waals surface area contributed by atoms with Crippen molar-refractivity contribution in [2.75, 3.05) is 4.90 Å². The van der Waals surface area contributed by atoms with Crippen LogP contribution in [0.1, 0.15) is 0 Å². The van der Waals surface area contributed by atoms with E-state index in [0.717, 1.165) is 50.1 Å². The van der Waals surface area contributed by atoms with Gasteiger partial charge in [0.05, 0.1) is 5.69 Å². The third-order valence-corrected chi connectivity index (χ3v) is 12.3. The first-order valence-electron chi connectivity index (χ1n) is 19.3. The SMILES string of the molecule is c1ccc(-c2ccc(-c3cccc(N(c4ccc5c(c4)oc4cc(-c6ccccc6)ccc45)c4ccc(-c5ccccc5)c5sc6ccccc6c45)c3)cc2)cc1. The van der Waals surface area contributed by atoms with E-state index < -0.39 is 0 Å². The van der Waals surface area contributed by atoms with Crippen molar-refractivity contribution in [3.63, 3.8) is 0 Å². The summed E-state index contributed by atoms with van der Waals surface area (Å²) in [5, 5.41) is 4.71. The van der Waals surface area contributed by atoms with Gasteiger partial charge < -0.3 is 9.32 Å². The van der Waals surface area contributed by atoms with Crippen LogP contribution in [0.15, 0.2) is 217 Å². The van der Waals surface area contributed by atoms with Crippen molar-refractivity contribution in [3.05, 3.63) is 212 Å². The smallest absolute Gasteiger partial charge is 0.137 e. The van der Waals surface area contributed by atoms with E-state index in [-0.39, 0.29) is 0 Å². The van der Waals surface area contributed by atoms with Gasteiger partial charge in [-0.15, -0.1) is 11.3 Å². The maximum Gasteiger partial charge on any atom is 0.137 e. The quantitative estimate of drug-likeness (QED) is 0.162. The van der Waals surface area contributed by atoms with Crippen molar-refractivity contribution in [1.29, 1.82) is 0 Å². The lowest BCUT2D eigenvalue weighted by Gasteiger charge is -2.27. The molecule has 0 bridgehead atoms. The molecular formula is C54H35NOS. The molecule has 0 radical (unpaired) electrons. The van der Waals surface area contributed by atoms with Crippen LogP contribution in [0.25, 0.3) is 86.6 Å². The molecule has 3 heteroatoms. The van der Waals surface area contributed by atoms with Gasteiger partial charge in [-0.3, -0.25) is 0 Å². The molecule has 2 nitrogen and oxygen atoms in total. The van der Waals surface area contributed by atoms with Gasteiger partial charge in [-0.25, -0.2) is 0 Å². The van der Waals surface area contributed by atoms with E-state index in [1.54, 1.807) is 0 Å². The fraction of sp³-hybridized carbons (Fsp3) is 0. The number of thiophene rings is 1. The molecule has 0 amide bonds. The predicted molar refractivity (Wildman–Crippen MR) is 243 cm³/mol. The largest absolute Gasteiger partial charge is 0.456 e. The zero-order valence-corrected chi connectivity index (χ0v) is 31.8. The highest BCUT2D eigenvalue weighted by molar-refractivity contribution is 7.26. The van der Waals surface area contributed by atoms with Crippen LogP contribution < -0.4 is 4.90 Å². The third kappa shape index (κ3) is 5.88.